The predicted octanol–water partition coefficient (Wildman–Crippen LogP) is 1.33. The van der Waals surface area contributed by atoms with Crippen molar-refractivity contribution < 1.29 is 52.4 Å². The number of carbonyl (C=O) groups is 5. The molecule has 0 aromatic heterocycles. The number of esters is 4. The summed E-state index contributed by atoms with van der Waals surface area (Å²) in [6, 6.07) is 4.35. The summed E-state index contributed by atoms with van der Waals surface area (Å²) in [5, 5.41) is 0. The first-order valence-electron chi connectivity index (χ1n) is 9.23. The normalized spacial score (nSPS) is 24.6. The number of rotatable bonds is 7. The maximum Gasteiger partial charge on any atom is 0.339 e. The highest BCUT2D eigenvalue weighted by Crippen LogP contribution is 2.32. The molecule has 1 aromatic carbocycles. The van der Waals surface area contributed by atoms with Crippen LogP contribution in [0.25, 0.3) is 0 Å². The summed E-state index contributed by atoms with van der Waals surface area (Å²) in [7, 11) is 1.08. The Bertz CT molecular complexity index is 900. The Kier molecular flexibility index (Phi) is 8.72. The van der Waals surface area contributed by atoms with Gasteiger partial charge in [0.1, 0.15) is 5.75 Å². The lowest BCUT2D eigenvalue weighted by Crippen LogP contribution is -2.64. The molecule has 0 radical (unpaired) electrons. The molecule has 0 amide bonds. The molecule has 0 N–H and O–H groups in total. The van der Waals surface area contributed by atoms with E-state index in [1.165, 1.54) is 18.2 Å². The minimum Gasteiger partial charge on any atom is -0.467 e. The molecule has 0 spiro atoms. The summed E-state index contributed by atoms with van der Waals surface area (Å²) in [4.78, 5) is 58.6. The average molecular weight is 517 g/mol. The molecular formula is C20H21BrO11. The van der Waals surface area contributed by atoms with Crippen molar-refractivity contribution in [2.24, 2.45) is 0 Å². The summed E-state index contributed by atoms with van der Waals surface area (Å²) >= 11 is 3.22. The second-order valence-corrected chi connectivity index (χ2v) is 7.44. The number of carbonyl (C=O) groups excluding carboxylic acids is 5. The third-order valence-corrected chi connectivity index (χ3v) is 4.87. The van der Waals surface area contributed by atoms with E-state index in [1.54, 1.807) is 0 Å². The molecule has 0 unspecified atom stereocenters. The first-order chi connectivity index (χ1) is 15.1. The van der Waals surface area contributed by atoms with Crippen molar-refractivity contribution >= 4 is 46.1 Å². The SMILES string of the molecule is COC(=O)[C@H]1O[C@@H](Oc2ccc(C=O)c(Br)c2)[C@H](OC(C)=O)[C@@H](OC(C)=O)[C@@H]1OC(C)=O. The standard InChI is InChI=1S/C20H21BrO11/c1-9(23)28-15-16(29-10(2)24)18(30-11(3)25)20(32-17(15)19(26)27-4)31-13-6-5-12(8-22)14(21)7-13/h5-8,15-18,20H,1-4H3/t15-,16-,17-,18+,20+/m0/s1. The fourth-order valence-corrected chi connectivity index (χ4v) is 3.44. The number of benzene rings is 1. The van der Waals surface area contributed by atoms with E-state index < -0.39 is 54.6 Å². The highest BCUT2D eigenvalue weighted by atomic mass is 79.9. The van der Waals surface area contributed by atoms with Gasteiger partial charge in [0.15, 0.2) is 24.6 Å². The second kappa shape index (κ2) is 11.0. The lowest BCUT2D eigenvalue weighted by molar-refractivity contribution is -0.282. The van der Waals surface area contributed by atoms with E-state index in [0.29, 0.717) is 16.3 Å². The molecule has 11 nitrogen and oxygen atoms in total. The molecule has 174 valence electrons. The van der Waals surface area contributed by atoms with E-state index in [4.69, 9.17) is 28.4 Å². The van der Waals surface area contributed by atoms with Crippen molar-refractivity contribution in [3.8, 4) is 5.75 Å². The zero-order valence-corrected chi connectivity index (χ0v) is 19.2. The van der Waals surface area contributed by atoms with Crippen LogP contribution >= 0.6 is 15.9 Å². The third-order valence-electron chi connectivity index (χ3n) is 4.19. The van der Waals surface area contributed by atoms with Gasteiger partial charge in [-0.2, -0.15) is 0 Å². The van der Waals surface area contributed by atoms with Crippen molar-refractivity contribution in [2.75, 3.05) is 7.11 Å². The Balaban J connectivity index is 2.51. The van der Waals surface area contributed by atoms with Gasteiger partial charge in [-0.25, -0.2) is 4.79 Å². The largest absolute Gasteiger partial charge is 0.467 e. The lowest BCUT2D eigenvalue weighted by atomic mass is 9.97. The number of hydrogen-bond donors (Lipinski definition) is 0. The zero-order chi connectivity index (χ0) is 24.0. The maximum atomic E-state index is 12.4. The van der Waals surface area contributed by atoms with Gasteiger partial charge in [0, 0.05) is 30.8 Å². The molecular weight excluding hydrogens is 496 g/mol. The van der Waals surface area contributed by atoms with Gasteiger partial charge in [-0.15, -0.1) is 0 Å². The highest BCUT2D eigenvalue weighted by Gasteiger charge is 2.55. The van der Waals surface area contributed by atoms with Gasteiger partial charge in [-0.3, -0.25) is 19.2 Å². The Morgan fingerprint density at radius 3 is 2.00 bits per heavy atom. The summed E-state index contributed by atoms with van der Waals surface area (Å²) < 4.78 is 32.2. The molecule has 12 heteroatoms. The predicted molar refractivity (Wildman–Crippen MR) is 107 cm³/mol. The highest BCUT2D eigenvalue weighted by molar-refractivity contribution is 9.10. The number of ether oxygens (including phenoxy) is 6. The minimum absolute atomic E-state index is 0.167. The van der Waals surface area contributed by atoms with Gasteiger partial charge in [-0.05, 0) is 34.1 Å². The molecule has 1 aliphatic rings. The van der Waals surface area contributed by atoms with Gasteiger partial charge in [0.25, 0.3) is 0 Å². The Labute approximate surface area is 191 Å². The maximum absolute atomic E-state index is 12.4. The number of methoxy groups -OCH3 is 1. The molecule has 32 heavy (non-hydrogen) atoms. The van der Waals surface area contributed by atoms with E-state index in [1.807, 2.05) is 0 Å². The van der Waals surface area contributed by atoms with Crippen LogP contribution in [0.1, 0.15) is 31.1 Å². The summed E-state index contributed by atoms with van der Waals surface area (Å²) in [6.07, 6.45) is -6.79. The van der Waals surface area contributed by atoms with Crippen LogP contribution in [0.2, 0.25) is 0 Å². The Hall–Kier alpha value is -2.99. The average Bonchev–Trinajstić information content (AvgIpc) is 2.70. The van der Waals surface area contributed by atoms with Crippen LogP contribution in [0.4, 0.5) is 0 Å². The van der Waals surface area contributed by atoms with Crippen LogP contribution < -0.4 is 4.74 Å². The molecule has 1 aromatic rings. The smallest absolute Gasteiger partial charge is 0.339 e. The fraction of sp³-hybridized carbons (Fsp3) is 0.450. The van der Waals surface area contributed by atoms with E-state index in [-0.39, 0.29) is 5.75 Å². The van der Waals surface area contributed by atoms with Crippen LogP contribution in [0.5, 0.6) is 5.75 Å². The van der Waals surface area contributed by atoms with Crippen molar-refractivity contribution in [2.45, 2.75) is 51.5 Å². The van der Waals surface area contributed by atoms with E-state index >= 15 is 0 Å². The van der Waals surface area contributed by atoms with Crippen molar-refractivity contribution in [3.05, 3.63) is 28.2 Å². The van der Waals surface area contributed by atoms with Crippen LogP contribution in [-0.4, -0.2) is 68.0 Å². The molecule has 1 aliphatic heterocycles. The van der Waals surface area contributed by atoms with Gasteiger partial charge in [0.2, 0.25) is 12.4 Å². The van der Waals surface area contributed by atoms with Gasteiger partial charge >= 0.3 is 23.9 Å². The number of halogens is 1. The molecule has 1 fully saturated rings. The molecule has 0 bridgehead atoms. The summed E-state index contributed by atoms with van der Waals surface area (Å²) in [6.45, 7) is 3.27. The van der Waals surface area contributed by atoms with E-state index in [0.717, 1.165) is 27.9 Å². The molecule has 2 rings (SSSR count). The first-order valence-corrected chi connectivity index (χ1v) is 10.0. The van der Waals surface area contributed by atoms with Crippen molar-refractivity contribution in [1.82, 2.24) is 0 Å². The van der Waals surface area contributed by atoms with Crippen LogP contribution in [0.15, 0.2) is 22.7 Å². The Morgan fingerprint density at radius 2 is 1.50 bits per heavy atom. The quantitative estimate of drug-likeness (QED) is 0.294. The third kappa shape index (κ3) is 6.26. The monoisotopic (exact) mass is 516 g/mol. The molecule has 1 heterocycles. The van der Waals surface area contributed by atoms with Crippen LogP contribution in [0, 0.1) is 0 Å². The molecule has 0 saturated carbocycles. The summed E-state index contributed by atoms with van der Waals surface area (Å²) in [5.74, 6) is -3.16. The van der Waals surface area contributed by atoms with Crippen LogP contribution in [-0.2, 0) is 42.9 Å². The second-order valence-electron chi connectivity index (χ2n) is 6.59. The van der Waals surface area contributed by atoms with Gasteiger partial charge in [0.05, 0.1) is 7.11 Å². The van der Waals surface area contributed by atoms with Gasteiger partial charge < -0.3 is 28.4 Å². The van der Waals surface area contributed by atoms with Gasteiger partial charge in [-0.1, -0.05) is 0 Å². The Morgan fingerprint density at radius 1 is 0.938 bits per heavy atom. The van der Waals surface area contributed by atoms with Crippen molar-refractivity contribution in [1.29, 1.82) is 0 Å². The first kappa shape index (κ1) is 25.3. The van der Waals surface area contributed by atoms with E-state index in [9.17, 15) is 24.0 Å². The topological polar surface area (TPSA) is 141 Å². The number of aldehydes is 1. The minimum atomic E-state index is -1.57. The fourth-order valence-electron chi connectivity index (χ4n) is 2.99. The summed E-state index contributed by atoms with van der Waals surface area (Å²) in [5.41, 5.74) is 0.346. The van der Waals surface area contributed by atoms with E-state index in [2.05, 4.69) is 15.9 Å². The zero-order valence-electron chi connectivity index (χ0n) is 17.6. The van der Waals surface area contributed by atoms with Crippen LogP contribution in [0.3, 0.4) is 0 Å². The lowest BCUT2D eigenvalue weighted by Gasteiger charge is -2.43. The number of hydrogen-bond acceptors (Lipinski definition) is 11. The van der Waals surface area contributed by atoms with Crippen molar-refractivity contribution in [3.63, 3.8) is 0 Å². The molecule has 0 aliphatic carbocycles. The molecule has 1 saturated heterocycles. The molecule has 5 atom stereocenters.